The van der Waals surface area contributed by atoms with Crippen LogP contribution in [0.5, 0.6) is 0 Å². The summed E-state index contributed by atoms with van der Waals surface area (Å²) in [4.78, 5) is 42.2. The highest BCUT2D eigenvalue weighted by molar-refractivity contribution is 6.22. The Morgan fingerprint density at radius 3 is 1.97 bits per heavy atom. The van der Waals surface area contributed by atoms with Crippen molar-refractivity contribution in [2.75, 3.05) is 31.1 Å². The van der Waals surface area contributed by atoms with E-state index < -0.39 is 11.0 Å². The molecule has 0 N–H and O–H groups in total. The van der Waals surface area contributed by atoms with Gasteiger partial charge in [0.2, 0.25) is 5.91 Å². The molecule has 8 heteroatoms. The van der Waals surface area contributed by atoms with Crippen molar-refractivity contribution in [3.63, 3.8) is 0 Å². The average molecular weight is 471 g/mol. The molecule has 0 saturated carbocycles. The number of carbonyl (C=O) groups excluding carboxylic acids is 2. The van der Waals surface area contributed by atoms with E-state index in [1.807, 2.05) is 36.4 Å². The average Bonchev–Trinajstić information content (AvgIpc) is 3.19. The Bertz CT molecular complexity index is 1190. The van der Waals surface area contributed by atoms with Gasteiger partial charge in [0, 0.05) is 38.3 Å². The van der Waals surface area contributed by atoms with E-state index in [9.17, 15) is 19.7 Å². The summed E-state index contributed by atoms with van der Waals surface area (Å²) in [5.41, 5.74) is 2.55. The van der Waals surface area contributed by atoms with Gasteiger partial charge < -0.3 is 0 Å². The van der Waals surface area contributed by atoms with Crippen LogP contribution in [0, 0.1) is 10.1 Å². The van der Waals surface area contributed by atoms with Crippen molar-refractivity contribution in [2.24, 2.45) is 0 Å². The Morgan fingerprint density at radius 1 is 0.800 bits per heavy atom. The maximum Gasteiger partial charge on any atom is 0.271 e. The number of benzene rings is 3. The number of amides is 2. The summed E-state index contributed by atoms with van der Waals surface area (Å²) in [6.45, 7) is 2.82. The Labute approximate surface area is 203 Å². The molecular weight excluding hydrogens is 444 g/mol. The number of nitrogens with zero attached hydrogens (tertiary/aromatic N) is 4. The third-order valence-corrected chi connectivity index (χ3v) is 6.81. The monoisotopic (exact) mass is 470 g/mol. The second kappa shape index (κ2) is 9.77. The van der Waals surface area contributed by atoms with Gasteiger partial charge in [-0.05, 0) is 17.2 Å². The molecule has 1 atom stereocenters. The van der Waals surface area contributed by atoms with E-state index in [1.54, 1.807) is 6.07 Å². The summed E-state index contributed by atoms with van der Waals surface area (Å²) in [5, 5.41) is 11.1. The Kier molecular flexibility index (Phi) is 6.39. The molecule has 2 saturated heterocycles. The van der Waals surface area contributed by atoms with E-state index in [1.165, 1.54) is 29.3 Å². The number of nitro groups is 1. The van der Waals surface area contributed by atoms with Gasteiger partial charge >= 0.3 is 0 Å². The molecule has 2 amide bonds. The molecule has 0 aromatic heterocycles. The standard InChI is InChI=1S/C27H26N4O4/c32-25-19-24(27(33)30(25)22-12-7-13-23(18-22)31(34)35)28-14-16-29(17-15-28)26(20-8-3-1-4-9-20)21-10-5-2-6-11-21/h1-13,18,24,26H,14-17,19H2. The third kappa shape index (κ3) is 4.58. The van der Waals surface area contributed by atoms with Crippen LogP contribution in [0.15, 0.2) is 84.9 Å². The highest BCUT2D eigenvalue weighted by Gasteiger charge is 2.44. The molecule has 0 spiro atoms. The minimum atomic E-state index is -0.546. The Balaban J connectivity index is 1.31. The van der Waals surface area contributed by atoms with Crippen LogP contribution in [0.4, 0.5) is 11.4 Å². The van der Waals surface area contributed by atoms with Crippen molar-refractivity contribution in [2.45, 2.75) is 18.5 Å². The van der Waals surface area contributed by atoms with Gasteiger partial charge in [0.05, 0.1) is 29.1 Å². The van der Waals surface area contributed by atoms with Crippen LogP contribution in [0.3, 0.4) is 0 Å². The van der Waals surface area contributed by atoms with Gasteiger partial charge in [-0.1, -0.05) is 66.7 Å². The van der Waals surface area contributed by atoms with Gasteiger partial charge in [0.25, 0.3) is 11.6 Å². The second-order valence-electron chi connectivity index (χ2n) is 8.86. The molecule has 5 rings (SSSR count). The van der Waals surface area contributed by atoms with Crippen LogP contribution < -0.4 is 4.90 Å². The van der Waals surface area contributed by atoms with E-state index >= 15 is 0 Å². The van der Waals surface area contributed by atoms with E-state index in [4.69, 9.17) is 0 Å². The number of hydrogen-bond donors (Lipinski definition) is 0. The molecule has 2 fully saturated rings. The molecule has 1 unspecified atom stereocenters. The lowest BCUT2D eigenvalue weighted by atomic mass is 9.96. The van der Waals surface area contributed by atoms with Gasteiger partial charge in [-0.3, -0.25) is 29.5 Å². The van der Waals surface area contributed by atoms with Crippen LogP contribution >= 0.6 is 0 Å². The largest absolute Gasteiger partial charge is 0.290 e. The second-order valence-corrected chi connectivity index (χ2v) is 8.86. The highest BCUT2D eigenvalue weighted by Crippen LogP contribution is 2.32. The topological polar surface area (TPSA) is 87.0 Å². The van der Waals surface area contributed by atoms with E-state index in [0.717, 1.165) is 18.0 Å². The molecule has 3 aromatic carbocycles. The molecular formula is C27H26N4O4. The number of nitro benzene ring substituents is 1. The highest BCUT2D eigenvalue weighted by atomic mass is 16.6. The van der Waals surface area contributed by atoms with Gasteiger partial charge in [-0.25, -0.2) is 4.90 Å². The number of anilines is 1. The molecule has 3 aromatic rings. The molecule has 8 nitrogen and oxygen atoms in total. The van der Waals surface area contributed by atoms with E-state index in [0.29, 0.717) is 13.1 Å². The Hall–Kier alpha value is -3.88. The molecule has 178 valence electrons. The van der Waals surface area contributed by atoms with Crippen molar-refractivity contribution in [1.29, 1.82) is 0 Å². The molecule has 2 aliphatic heterocycles. The number of non-ortho nitro benzene ring substituents is 1. The SMILES string of the molecule is O=C1CC(N2CCN(C(c3ccccc3)c3ccccc3)CC2)C(=O)N1c1cccc([N+](=O)[O-])c1. The fourth-order valence-corrected chi connectivity index (χ4v) is 5.11. The predicted molar refractivity (Wildman–Crippen MR) is 132 cm³/mol. The lowest BCUT2D eigenvalue weighted by Crippen LogP contribution is -2.53. The number of imide groups is 1. The maximum atomic E-state index is 13.2. The van der Waals surface area contributed by atoms with Crippen molar-refractivity contribution >= 4 is 23.2 Å². The first-order chi connectivity index (χ1) is 17.0. The van der Waals surface area contributed by atoms with Gasteiger partial charge in [-0.15, -0.1) is 0 Å². The van der Waals surface area contributed by atoms with Crippen LogP contribution in [-0.2, 0) is 9.59 Å². The molecule has 0 bridgehead atoms. The predicted octanol–water partition coefficient (Wildman–Crippen LogP) is 3.63. The smallest absolute Gasteiger partial charge is 0.271 e. The summed E-state index contributed by atoms with van der Waals surface area (Å²) in [6, 6.07) is 26.0. The zero-order chi connectivity index (χ0) is 24.4. The van der Waals surface area contributed by atoms with Gasteiger partial charge in [0.15, 0.2) is 0 Å². The van der Waals surface area contributed by atoms with Gasteiger partial charge in [0.1, 0.15) is 0 Å². The summed E-state index contributed by atoms with van der Waals surface area (Å²) < 4.78 is 0. The van der Waals surface area contributed by atoms with Crippen LogP contribution in [0.25, 0.3) is 0 Å². The normalized spacial score (nSPS) is 19.5. The minimum absolute atomic E-state index is 0.0856. The van der Waals surface area contributed by atoms with E-state index in [2.05, 4.69) is 34.1 Å². The van der Waals surface area contributed by atoms with Gasteiger partial charge in [-0.2, -0.15) is 0 Å². The molecule has 2 heterocycles. The van der Waals surface area contributed by atoms with Crippen LogP contribution in [-0.4, -0.2) is 58.8 Å². The summed E-state index contributed by atoms with van der Waals surface area (Å²) in [6.07, 6.45) is 0.0856. The maximum absolute atomic E-state index is 13.2. The number of hydrogen-bond acceptors (Lipinski definition) is 6. The summed E-state index contributed by atoms with van der Waals surface area (Å²) >= 11 is 0. The minimum Gasteiger partial charge on any atom is -0.290 e. The fraction of sp³-hybridized carbons (Fsp3) is 0.259. The lowest BCUT2D eigenvalue weighted by Gasteiger charge is -2.41. The van der Waals surface area contributed by atoms with Crippen molar-refractivity contribution in [1.82, 2.24) is 9.80 Å². The zero-order valence-electron chi connectivity index (χ0n) is 19.2. The molecule has 35 heavy (non-hydrogen) atoms. The number of piperazine rings is 1. The summed E-state index contributed by atoms with van der Waals surface area (Å²) in [7, 11) is 0. The Morgan fingerprint density at radius 2 is 1.40 bits per heavy atom. The molecule has 0 radical (unpaired) electrons. The first kappa shape index (κ1) is 22.9. The van der Waals surface area contributed by atoms with E-state index in [-0.39, 0.29) is 35.7 Å². The third-order valence-electron chi connectivity index (χ3n) is 6.81. The lowest BCUT2D eigenvalue weighted by molar-refractivity contribution is -0.384. The first-order valence-electron chi connectivity index (χ1n) is 11.7. The number of carbonyl (C=O) groups is 2. The van der Waals surface area contributed by atoms with Crippen molar-refractivity contribution in [3.8, 4) is 0 Å². The summed E-state index contributed by atoms with van der Waals surface area (Å²) in [5.74, 6) is -0.638. The fourth-order valence-electron chi connectivity index (χ4n) is 5.11. The molecule has 2 aliphatic rings. The van der Waals surface area contributed by atoms with Crippen LogP contribution in [0.1, 0.15) is 23.6 Å². The number of rotatable bonds is 6. The zero-order valence-corrected chi connectivity index (χ0v) is 19.2. The molecule has 0 aliphatic carbocycles. The quantitative estimate of drug-likeness (QED) is 0.311. The van der Waals surface area contributed by atoms with Crippen molar-refractivity contribution in [3.05, 3.63) is 106 Å². The first-order valence-corrected chi connectivity index (χ1v) is 11.7. The van der Waals surface area contributed by atoms with Crippen molar-refractivity contribution < 1.29 is 14.5 Å². The van der Waals surface area contributed by atoms with Crippen LogP contribution in [0.2, 0.25) is 0 Å².